The first kappa shape index (κ1) is 13.6. The second-order valence-corrected chi connectivity index (χ2v) is 5.86. The van der Waals surface area contributed by atoms with Crippen LogP contribution in [0.1, 0.15) is 37.5 Å². The van der Waals surface area contributed by atoms with Crippen LogP contribution in [-0.4, -0.2) is 14.5 Å². The molecule has 4 nitrogen and oxygen atoms in total. The largest absolute Gasteiger partial charge is 0.333 e. The molecule has 0 amide bonds. The first-order valence-electron chi connectivity index (χ1n) is 5.18. The van der Waals surface area contributed by atoms with E-state index in [1.807, 2.05) is 17.5 Å². The van der Waals surface area contributed by atoms with Crippen LogP contribution in [0.5, 0.6) is 0 Å². The van der Waals surface area contributed by atoms with E-state index in [1.54, 1.807) is 18.3 Å². The second kappa shape index (κ2) is 5.77. The molecule has 0 saturated carbocycles. The summed E-state index contributed by atoms with van der Waals surface area (Å²) in [6.07, 6.45) is 1.44. The van der Waals surface area contributed by atoms with E-state index >= 15 is 0 Å². The molecule has 1 aromatic rings. The van der Waals surface area contributed by atoms with Crippen molar-refractivity contribution in [1.29, 1.82) is 0 Å². The van der Waals surface area contributed by atoms with Gasteiger partial charge in [0.2, 0.25) is 0 Å². The summed E-state index contributed by atoms with van der Waals surface area (Å²) >= 11 is 1.61. The molecular weight excluding hydrogens is 246 g/mol. The normalized spacial score (nSPS) is 15.9. The van der Waals surface area contributed by atoms with E-state index in [1.165, 1.54) is 0 Å². The van der Waals surface area contributed by atoms with Gasteiger partial charge in [-0.25, -0.2) is 5.14 Å². The maximum atomic E-state index is 10.9. The zero-order chi connectivity index (χ0) is 12.2. The van der Waals surface area contributed by atoms with Gasteiger partial charge in [0.15, 0.2) is 0 Å². The summed E-state index contributed by atoms with van der Waals surface area (Å²) in [6, 6.07) is 3.94. The highest BCUT2D eigenvalue weighted by Gasteiger charge is 2.23. The first-order chi connectivity index (χ1) is 7.44. The van der Waals surface area contributed by atoms with E-state index in [0.29, 0.717) is 0 Å². The Kier molecular flexibility index (Phi) is 4.91. The Morgan fingerprint density at radius 2 is 2.25 bits per heavy atom. The molecule has 1 heterocycles. The standard InChI is InChI=1S/C10H17NO3S2/c1-3-5-9(10-6-4-7-15-10)8(2)14-16(11,12)13/h4,6-9H,3,5H2,1-2H3,(H2,11,12,13)/t8?,9-/m0/s1. The Morgan fingerprint density at radius 1 is 1.56 bits per heavy atom. The van der Waals surface area contributed by atoms with E-state index < -0.39 is 16.4 Å². The average Bonchev–Trinajstić information content (AvgIpc) is 2.63. The van der Waals surface area contributed by atoms with Crippen LogP contribution in [-0.2, 0) is 14.5 Å². The topological polar surface area (TPSA) is 69.4 Å². The van der Waals surface area contributed by atoms with E-state index in [4.69, 9.17) is 9.32 Å². The first-order valence-corrected chi connectivity index (χ1v) is 7.53. The number of rotatable bonds is 6. The Bertz CT molecular complexity index is 400. The maximum Gasteiger partial charge on any atom is 0.333 e. The third kappa shape index (κ3) is 4.21. The van der Waals surface area contributed by atoms with Gasteiger partial charge in [-0.1, -0.05) is 19.4 Å². The molecular formula is C10H17NO3S2. The minimum absolute atomic E-state index is 0.0864. The summed E-state index contributed by atoms with van der Waals surface area (Å²) in [7, 11) is -3.87. The van der Waals surface area contributed by atoms with Crippen molar-refractivity contribution in [3.63, 3.8) is 0 Å². The zero-order valence-corrected chi connectivity index (χ0v) is 11.1. The van der Waals surface area contributed by atoms with Crippen molar-refractivity contribution in [2.24, 2.45) is 5.14 Å². The van der Waals surface area contributed by atoms with Crippen LogP contribution >= 0.6 is 11.3 Å². The maximum absolute atomic E-state index is 10.9. The molecule has 0 aliphatic carbocycles. The Balaban J connectivity index is 2.78. The molecule has 1 rings (SSSR count). The van der Waals surface area contributed by atoms with Crippen molar-refractivity contribution in [3.05, 3.63) is 22.4 Å². The smallest absolute Gasteiger partial charge is 0.255 e. The van der Waals surface area contributed by atoms with Crippen molar-refractivity contribution < 1.29 is 12.6 Å². The zero-order valence-electron chi connectivity index (χ0n) is 9.42. The Labute approximate surface area is 101 Å². The van der Waals surface area contributed by atoms with Gasteiger partial charge in [0, 0.05) is 10.8 Å². The highest BCUT2D eigenvalue weighted by atomic mass is 32.2. The highest BCUT2D eigenvalue weighted by molar-refractivity contribution is 7.84. The van der Waals surface area contributed by atoms with Crippen LogP contribution in [0.15, 0.2) is 17.5 Å². The van der Waals surface area contributed by atoms with Crippen LogP contribution in [0.25, 0.3) is 0 Å². The average molecular weight is 263 g/mol. The van der Waals surface area contributed by atoms with Gasteiger partial charge in [-0.15, -0.1) is 11.3 Å². The quantitative estimate of drug-likeness (QED) is 0.855. The summed E-state index contributed by atoms with van der Waals surface area (Å²) in [5.74, 6) is 0.0864. The summed E-state index contributed by atoms with van der Waals surface area (Å²) in [4.78, 5) is 1.14. The van der Waals surface area contributed by atoms with Crippen molar-refractivity contribution in [3.8, 4) is 0 Å². The molecule has 0 aliphatic rings. The molecule has 16 heavy (non-hydrogen) atoms. The van der Waals surface area contributed by atoms with Gasteiger partial charge in [0.05, 0.1) is 6.10 Å². The Morgan fingerprint density at radius 3 is 2.69 bits per heavy atom. The molecule has 1 aromatic heterocycles. The number of thiophene rings is 1. The van der Waals surface area contributed by atoms with Gasteiger partial charge in [0.25, 0.3) is 0 Å². The molecule has 0 spiro atoms. The van der Waals surface area contributed by atoms with Crippen LogP contribution in [0.3, 0.4) is 0 Å². The third-order valence-corrected chi connectivity index (χ3v) is 3.94. The predicted molar refractivity (Wildman–Crippen MR) is 65.6 cm³/mol. The molecule has 0 aliphatic heterocycles. The van der Waals surface area contributed by atoms with Gasteiger partial charge in [0.1, 0.15) is 0 Å². The van der Waals surface area contributed by atoms with E-state index in [9.17, 15) is 8.42 Å². The molecule has 1 unspecified atom stereocenters. The minimum atomic E-state index is -3.87. The molecule has 0 bridgehead atoms. The number of hydrogen-bond acceptors (Lipinski definition) is 4. The molecule has 6 heteroatoms. The van der Waals surface area contributed by atoms with Crippen molar-refractivity contribution >= 4 is 21.6 Å². The number of nitrogens with two attached hydrogens (primary N) is 1. The van der Waals surface area contributed by atoms with E-state index in [-0.39, 0.29) is 5.92 Å². The molecule has 0 fully saturated rings. The van der Waals surface area contributed by atoms with Crippen LogP contribution < -0.4 is 5.14 Å². The van der Waals surface area contributed by atoms with Gasteiger partial charge < -0.3 is 0 Å². The monoisotopic (exact) mass is 263 g/mol. The summed E-state index contributed by atoms with van der Waals surface area (Å²) in [5.41, 5.74) is 0. The van der Waals surface area contributed by atoms with Crippen LogP contribution in [0, 0.1) is 0 Å². The fourth-order valence-electron chi connectivity index (χ4n) is 1.70. The van der Waals surface area contributed by atoms with Gasteiger partial charge in [-0.3, -0.25) is 4.18 Å². The van der Waals surface area contributed by atoms with Crippen molar-refractivity contribution in [1.82, 2.24) is 0 Å². The van der Waals surface area contributed by atoms with Gasteiger partial charge in [-0.2, -0.15) is 8.42 Å². The number of hydrogen-bond donors (Lipinski definition) is 1. The van der Waals surface area contributed by atoms with Gasteiger partial charge >= 0.3 is 10.3 Å². The molecule has 2 N–H and O–H groups in total. The minimum Gasteiger partial charge on any atom is -0.255 e. The Hall–Kier alpha value is -0.430. The fourth-order valence-corrected chi connectivity index (χ4v) is 3.21. The molecule has 0 aromatic carbocycles. The summed E-state index contributed by atoms with van der Waals surface area (Å²) in [6.45, 7) is 3.80. The molecule has 92 valence electrons. The summed E-state index contributed by atoms with van der Waals surface area (Å²) < 4.78 is 26.6. The SMILES string of the molecule is CCC[C@H](c1cccs1)C(C)OS(N)(=O)=O. The molecule has 0 radical (unpaired) electrons. The third-order valence-electron chi connectivity index (χ3n) is 2.36. The van der Waals surface area contributed by atoms with Crippen LogP contribution in [0.2, 0.25) is 0 Å². The molecule has 0 saturated heterocycles. The summed E-state index contributed by atoms with van der Waals surface area (Å²) in [5, 5.41) is 6.85. The molecule has 2 atom stereocenters. The fraction of sp³-hybridized carbons (Fsp3) is 0.600. The van der Waals surface area contributed by atoms with Gasteiger partial charge in [-0.05, 0) is 24.8 Å². The lowest BCUT2D eigenvalue weighted by Gasteiger charge is -2.21. The lowest BCUT2D eigenvalue weighted by molar-refractivity contribution is 0.192. The van der Waals surface area contributed by atoms with Crippen LogP contribution in [0.4, 0.5) is 0 Å². The predicted octanol–water partition coefficient (Wildman–Crippen LogP) is 2.24. The highest BCUT2D eigenvalue weighted by Crippen LogP contribution is 2.30. The van der Waals surface area contributed by atoms with E-state index in [2.05, 4.69) is 6.92 Å². The lowest BCUT2D eigenvalue weighted by Crippen LogP contribution is -2.26. The van der Waals surface area contributed by atoms with E-state index in [0.717, 1.165) is 17.7 Å². The lowest BCUT2D eigenvalue weighted by atomic mass is 9.96. The van der Waals surface area contributed by atoms with Crippen molar-refractivity contribution in [2.75, 3.05) is 0 Å². The second-order valence-electron chi connectivity index (χ2n) is 3.70. The van der Waals surface area contributed by atoms with Crippen molar-refractivity contribution in [2.45, 2.75) is 38.7 Å².